The van der Waals surface area contributed by atoms with E-state index in [2.05, 4.69) is 10.6 Å². The summed E-state index contributed by atoms with van der Waals surface area (Å²) in [4.78, 5) is 34.5. The van der Waals surface area contributed by atoms with Crippen LogP contribution >= 0.6 is 0 Å². The number of amides is 2. The van der Waals surface area contributed by atoms with Crippen LogP contribution in [-0.2, 0) is 9.59 Å². The van der Waals surface area contributed by atoms with Gasteiger partial charge in [-0.15, -0.1) is 0 Å². The molecule has 1 rings (SSSR count). The number of carboxylic acid groups (broad SMARTS) is 1. The Bertz CT molecular complexity index is 487. The second kappa shape index (κ2) is 7.28. The van der Waals surface area contributed by atoms with Crippen LogP contribution in [0.25, 0.3) is 0 Å². The molecule has 0 aliphatic carbocycles. The molecule has 0 aromatic heterocycles. The first kappa shape index (κ1) is 15.7. The van der Waals surface area contributed by atoms with Crippen molar-refractivity contribution in [1.82, 2.24) is 10.6 Å². The molecule has 6 nitrogen and oxygen atoms in total. The standard InChI is InChI=1S/C14H18N2O4/c1-3-11(14(19)20)16-12(17)9(2)15-13(18)10-7-5-4-6-8-10/h4-9,11H,3H2,1-2H3,(H,15,18)(H,16,17)(H,19,20)/t9?,11-/m1/s1. The highest BCUT2D eigenvalue weighted by atomic mass is 16.4. The monoisotopic (exact) mass is 278 g/mol. The van der Waals surface area contributed by atoms with Crippen molar-refractivity contribution < 1.29 is 19.5 Å². The second-order valence-electron chi connectivity index (χ2n) is 4.37. The summed E-state index contributed by atoms with van der Waals surface area (Å²) in [5.41, 5.74) is 0.442. The van der Waals surface area contributed by atoms with Gasteiger partial charge >= 0.3 is 5.97 Å². The molecule has 0 spiro atoms. The van der Waals surface area contributed by atoms with Crippen LogP contribution in [0.1, 0.15) is 30.6 Å². The van der Waals surface area contributed by atoms with Crippen LogP contribution in [0.4, 0.5) is 0 Å². The van der Waals surface area contributed by atoms with Gasteiger partial charge in [-0.2, -0.15) is 0 Å². The number of hydrogen-bond acceptors (Lipinski definition) is 3. The number of rotatable bonds is 6. The fourth-order valence-electron chi connectivity index (χ4n) is 1.57. The molecule has 0 saturated carbocycles. The predicted octanol–water partition coefficient (Wildman–Crippen LogP) is 0.784. The average Bonchev–Trinajstić information content (AvgIpc) is 2.44. The van der Waals surface area contributed by atoms with Crippen molar-refractivity contribution in [2.75, 3.05) is 0 Å². The molecule has 0 bridgehead atoms. The average molecular weight is 278 g/mol. The Morgan fingerprint density at radius 3 is 2.25 bits per heavy atom. The molecule has 0 heterocycles. The fourth-order valence-corrected chi connectivity index (χ4v) is 1.57. The van der Waals surface area contributed by atoms with Gasteiger partial charge in [0.2, 0.25) is 5.91 Å². The molecule has 20 heavy (non-hydrogen) atoms. The Balaban J connectivity index is 2.58. The van der Waals surface area contributed by atoms with Crippen molar-refractivity contribution in [3.05, 3.63) is 35.9 Å². The van der Waals surface area contributed by atoms with E-state index in [1.165, 1.54) is 6.92 Å². The molecule has 6 heteroatoms. The molecule has 0 fully saturated rings. The predicted molar refractivity (Wildman–Crippen MR) is 73.2 cm³/mol. The zero-order valence-electron chi connectivity index (χ0n) is 11.4. The Kier molecular flexibility index (Phi) is 5.71. The first-order chi connectivity index (χ1) is 9.45. The minimum absolute atomic E-state index is 0.278. The second-order valence-corrected chi connectivity index (χ2v) is 4.37. The minimum Gasteiger partial charge on any atom is -0.480 e. The number of carbonyl (C=O) groups excluding carboxylic acids is 2. The molecule has 0 aliphatic rings. The van der Waals surface area contributed by atoms with Gasteiger partial charge < -0.3 is 15.7 Å². The smallest absolute Gasteiger partial charge is 0.326 e. The molecule has 3 N–H and O–H groups in total. The van der Waals surface area contributed by atoms with Gasteiger partial charge in [0.1, 0.15) is 12.1 Å². The van der Waals surface area contributed by atoms with E-state index in [4.69, 9.17) is 5.11 Å². The van der Waals surface area contributed by atoms with E-state index < -0.39 is 24.0 Å². The molecule has 1 aromatic rings. The maximum atomic E-state index is 11.8. The molecule has 0 saturated heterocycles. The number of aliphatic carboxylic acids is 1. The van der Waals surface area contributed by atoms with Crippen LogP contribution < -0.4 is 10.6 Å². The van der Waals surface area contributed by atoms with E-state index >= 15 is 0 Å². The maximum Gasteiger partial charge on any atom is 0.326 e. The number of benzene rings is 1. The van der Waals surface area contributed by atoms with Crippen LogP contribution in [0.3, 0.4) is 0 Å². The lowest BCUT2D eigenvalue weighted by molar-refractivity contribution is -0.142. The lowest BCUT2D eigenvalue weighted by atomic mass is 10.2. The quantitative estimate of drug-likeness (QED) is 0.716. The highest BCUT2D eigenvalue weighted by Crippen LogP contribution is 1.99. The highest BCUT2D eigenvalue weighted by molar-refractivity contribution is 5.97. The molecular weight excluding hydrogens is 260 g/mol. The van der Waals surface area contributed by atoms with Crippen molar-refractivity contribution >= 4 is 17.8 Å². The summed E-state index contributed by atoms with van der Waals surface area (Å²) in [7, 11) is 0. The van der Waals surface area contributed by atoms with Gasteiger partial charge in [-0.25, -0.2) is 4.79 Å². The maximum absolute atomic E-state index is 11.8. The van der Waals surface area contributed by atoms with Crippen LogP contribution in [0.5, 0.6) is 0 Å². The summed E-state index contributed by atoms with van der Waals surface area (Å²) in [6.07, 6.45) is 0.278. The number of carbonyl (C=O) groups is 3. The molecule has 0 aliphatic heterocycles. The highest BCUT2D eigenvalue weighted by Gasteiger charge is 2.22. The molecule has 2 atom stereocenters. The topological polar surface area (TPSA) is 95.5 Å². The molecule has 2 amide bonds. The number of hydrogen-bond donors (Lipinski definition) is 3. The van der Waals surface area contributed by atoms with E-state index in [1.54, 1.807) is 37.3 Å². The van der Waals surface area contributed by atoms with E-state index in [0.717, 1.165) is 0 Å². The summed E-state index contributed by atoms with van der Waals surface area (Å²) in [6.45, 7) is 3.16. The first-order valence-corrected chi connectivity index (χ1v) is 6.34. The van der Waals surface area contributed by atoms with Crippen molar-refractivity contribution in [3.63, 3.8) is 0 Å². The van der Waals surface area contributed by atoms with Gasteiger partial charge in [-0.05, 0) is 25.5 Å². The van der Waals surface area contributed by atoms with Gasteiger partial charge in [0, 0.05) is 5.56 Å². The van der Waals surface area contributed by atoms with Crippen molar-refractivity contribution in [3.8, 4) is 0 Å². The Labute approximate surface area is 117 Å². The fraction of sp³-hybridized carbons (Fsp3) is 0.357. The summed E-state index contributed by atoms with van der Waals surface area (Å²) >= 11 is 0. The van der Waals surface area contributed by atoms with Crippen molar-refractivity contribution in [2.45, 2.75) is 32.4 Å². The zero-order valence-corrected chi connectivity index (χ0v) is 11.4. The molecular formula is C14H18N2O4. The summed E-state index contributed by atoms with van der Waals surface area (Å²) in [6, 6.07) is 6.73. The van der Waals surface area contributed by atoms with Gasteiger partial charge in [0.05, 0.1) is 0 Å². The molecule has 1 unspecified atom stereocenters. The third kappa shape index (κ3) is 4.38. The van der Waals surface area contributed by atoms with E-state index in [-0.39, 0.29) is 12.3 Å². The third-order valence-corrected chi connectivity index (χ3v) is 2.80. The number of carboxylic acids is 1. The SMILES string of the molecule is CC[C@@H](NC(=O)C(C)NC(=O)c1ccccc1)C(=O)O. The van der Waals surface area contributed by atoms with Crippen LogP contribution in [-0.4, -0.2) is 35.0 Å². The van der Waals surface area contributed by atoms with E-state index in [9.17, 15) is 14.4 Å². The molecule has 0 radical (unpaired) electrons. The molecule has 1 aromatic carbocycles. The van der Waals surface area contributed by atoms with Crippen LogP contribution in [0, 0.1) is 0 Å². The zero-order chi connectivity index (χ0) is 15.1. The van der Waals surface area contributed by atoms with Gasteiger partial charge in [-0.3, -0.25) is 9.59 Å². The summed E-state index contributed by atoms with van der Waals surface area (Å²) in [5.74, 6) is -2.00. The van der Waals surface area contributed by atoms with Gasteiger partial charge in [0.25, 0.3) is 5.91 Å². The molecule has 108 valence electrons. The van der Waals surface area contributed by atoms with Gasteiger partial charge in [-0.1, -0.05) is 25.1 Å². The third-order valence-electron chi connectivity index (χ3n) is 2.80. The summed E-state index contributed by atoms with van der Waals surface area (Å²) in [5, 5.41) is 13.8. The van der Waals surface area contributed by atoms with Gasteiger partial charge in [0.15, 0.2) is 0 Å². The number of nitrogens with one attached hydrogen (secondary N) is 2. The Morgan fingerprint density at radius 2 is 1.75 bits per heavy atom. The summed E-state index contributed by atoms with van der Waals surface area (Å²) < 4.78 is 0. The van der Waals surface area contributed by atoms with Crippen molar-refractivity contribution in [2.24, 2.45) is 0 Å². The van der Waals surface area contributed by atoms with Crippen LogP contribution in [0.2, 0.25) is 0 Å². The first-order valence-electron chi connectivity index (χ1n) is 6.34. The van der Waals surface area contributed by atoms with Crippen molar-refractivity contribution in [1.29, 1.82) is 0 Å². The lowest BCUT2D eigenvalue weighted by Crippen LogP contribution is -2.50. The Morgan fingerprint density at radius 1 is 1.15 bits per heavy atom. The van der Waals surface area contributed by atoms with E-state index in [1.807, 2.05) is 0 Å². The Hall–Kier alpha value is -2.37. The van der Waals surface area contributed by atoms with E-state index in [0.29, 0.717) is 5.56 Å². The van der Waals surface area contributed by atoms with Crippen LogP contribution in [0.15, 0.2) is 30.3 Å². The normalized spacial score (nSPS) is 13.1. The lowest BCUT2D eigenvalue weighted by Gasteiger charge is -2.17. The minimum atomic E-state index is -1.09. The largest absolute Gasteiger partial charge is 0.480 e.